The highest BCUT2D eigenvalue weighted by Crippen LogP contribution is 2.33. The highest BCUT2D eigenvalue weighted by molar-refractivity contribution is 6.01. The number of hydrogen-bond donors (Lipinski definition) is 3. The van der Waals surface area contributed by atoms with Crippen molar-refractivity contribution in [3.05, 3.63) is 41.1 Å². The van der Waals surface area contributed by atoms with Gasteiger partial charge in [-0.05, 0) is 24.1 Å². The van der Waals surface area contributed by atoms with Crippen LogP contribution in [0.25, 0.3) is 0 Å². The molecule has 0 saturated heterocycles. The van der Waals surface area contributed by atoms with Crippen molar-refractivity contribution in [3.63, 3.8) is 0 Å². The summed E-state index contributed by atoms with van der Waals surface area (Å²) in [5.74, 6) is 0.120. The average Bonchev–Trinajstić information content (AvgIpc) is 2.81. The highest BCUT2D eigenvalue weighted by atomic mass is 16.3. The zero-order valence-corrected chi connectivity index (χ0v) is 12.4. The lowest BCUT2D eigenvalue weighted by Gasteiger charge is -2.25. The maximum Gasteiger partial charge on any atom is 0.319 e. The maximum absolute atomic E-state index is 12.6. The molecule has 0 fully saturated rings. The minimum atomic E-state index is -0.469. The van der Waals surface area contributed by atoms with E-state index < -0.39 is 6.04 Å². The number of aromatic hydroxyl groups is 1. The summed E-state index contributed by atoms with van der Waals surface area (Å²) in [6, 6.07) is 5.78. The van der Waals surface area contributed by atoms with Gasteiger partial charge in [-0.3, -0.25) is 4.79 Å². The van der Waals surface area contributed by atoms with Gasteiger partial charge in [0.05, 0.1) is 23.9 Å². The van der Waals surface area contributed by atoms with Crippen LogP contribution in [0, 0.1) is 0 Å². The van der Waals surface area contributed by atoms with Crippen molar-refractivity contribution in [1.82, 2.24) is 15.5 Å². The molecule has 0 bridgehead atoms. The van der Waals surface area contributed by atoms with Crippen LogP contribution in [0.4, 0.5) is 4.79 Å². The Balaban J connectivity index is 1.90. The summed E-state index contributed by atoms with van der Waals surface area (Å²) in [7, 11) is 0. The van der Waals surface area contributed by atoms with E-state index in [9.17, 15) is 14.7 Å². The van der Waals surface area contributed by atoms with Crippen molar-refractivity contribution in [2.24, 2.45) is 0 Å². The number of phenols is 1. The van der Waals surface area contributed by atoms with Gasteiger partial charge in [0.2, 0.25) is 0 Å². The number of rotatable bonds is 4. The third kappa shape index (κ3) is 2.52. The molecule has 2 aliphatic heterocycles. The zero-order chi connectivity index (χ0) is 15.7. The van der Waals surface area contributed by atoms with Gasteiger partial charge in [-0.15, -0.1) is 0 Å². The SMILES string of the molecule is CCCCN1CC2=C(C1=O)[C@H](c1ccc(O)cc1)NC(=O)N2. The summed E-state index contributed by atoms with van der Waals surface area (Å²) < 4.78 is 0. The number of benzene rings is 1. The fraction of sp³-hybridized carbons (Fsp3) is 0.375. The second-order valence-electron chi connectivity index (χ2n) is 5.60. The van der Waals surface area contributed by atoms with Gasteiger partial charge in [-0.25, -0.2) is 4.79 Å². The monoisotopic (exact) mass is 301 g/mol. The molecule has 3 N–H and O–H groups in total. The topological polar surface area (TPSA) is 81.7 Å². The quantitative estimate of drug-likeness (QED) is 0.791. The Hall–Kier alpha value is -2.50. The molecule has 0 aliphatic carbocycles. The van der Waals surface area contributed by atoms with Crippen molar-refractivity contribution >= 4 is 11.9 Å². The molecule has 1 aromatic carbocycles. The number of nitrogens with one attached hydrogen (secondary N) is 2. The Morgan fingerprint density at radius 2 is 2.00 bits per heavy atom. The molecule has 116 valence electrons. The molecule has 6 nitrogen and oxygen atoms in total. The third-order valence-electron chi connectivity index (χ3n) is 4.03. The fourth-order valence-corrected chi connectivity index (χ4v) is 2.87. The molecule has 3 amide bonds. The molecule has 1 aromatic rings. The lowest BCUT2D eigenvalue weighted by molar-refractivity contribution is -0.125. The van der Waals surface area contributed by atoms with E-state index in [1.165, 1.54) is 0 Å². The number of phenolic OH excluding ortho intramolecular Hbond substituents is 1. The second kappa shape index (κ2) is 5.71. The van der Waals surface area contributed by atoms with Crippen LogP contribution in [0.3, 0.4) is 0 Å². The van der Waals surface area contributed by atoms with Gasteiger partial charge in [0.15, 0.2) is 0 Å². The smallest absolute Gasteiger partial charge is 0.319 e. The Morgan fingerprint density at radius 3 is 2.68 bits per heavy atom. The van der Waals surface area contributed by atoms with Gasteiger partial charge < -0.3 is 20.6 Å². The number of carbonyl (C=O) groups is 2. The first kappa shape index (κ1) is 14.4. The van der Waals surface area contributed by atoms with Gasteiger partial charge in [-0.2, -0.15) is 0 Å². The molecular weight excluding hydrogens is 282 g/mol. The Morgan fingerprint density at radius 1 is 1.27 bits per heavy atom. The number of hydrogen-bond acceptors (Lipinski definition) is 3. The highest BCUT2D eigenvalue weighted by Gasteiger charge is 2.39. The number of amides is 3. The first-order valence-corrected chi connectivity index (χ1v) is 7.49. The first-order valence-electron chi connectivity index (χ1n) is 7.49. The van der Waals surface area contributed by atoms with E-state index in [1.54, 1.807) is 29.2 Å². The van der Waals surface area contributed by atoms with Gasteiger partial charge >= 0.3 is 6.03 Å². The van der Waals surface area contributed by atoms with Crippen LogP contribution in [0.5, 0.6) is 5.75 Å². The predicted molar refractivity (Wildman–Crippen MR) is 81.0 cm³/mol. The first-order chi connectivity index (χ1) is 10.6. The summed E-state index contributed by atoms with van der Waals surface area (Å²) in [6.45, 7) is 3.23. The van der Waals surface area contributed by atoms with Gasteiger partial charge in [0, 0.05) is 6.54 Å². The van der Waals surface area contributed by atoms with Crippen molar-refractivity contribution in [3.8, 4) is 5.75 Å². The molecule has 6 heteroatoms. The summed E-state index contributed by atoms with van der Waals surface area (Å²) in [5.41, 5.74) is 2.06. The average molecular weight is 301 g/mol. The Bertz CT molecular complexity index is 637. The normalized spacial score (nSPS) is 20.8. The second-order valence-corrected chi connectivity index (χ2v) is 5.60. The van der Waals surface area contributed by atoms with Crippen LogP contribution in [-0.4, -0.2) is 35.0 Å². The van der Waals surface area contributed by atoms with Crippen molar-refractivity contribution in [2.75, 3.05) is 13.1 Å². The third-order valence-corrected chi connectivity index (χ3v) is 4.03. The van der Waals surface area contributed by atoms with E-state index in [2.05, 4.69) is 17.6 Å². The van der Waals surface area contributed by atoms with Crippen LogP contribution in [0.15, 0.2) is 35.5 Å². The van der Waals surface area contributed by atoms with E-state index in [-0.39, 0.29) is 17.7 Å². The standard InChI is InChI=1S/C16H19N3O3/c1-2-3-8-19-9-12-13(15(19)21)14(18-16(22)17-12)10-4-6-11(20)7-5-10/h4-7,14,20H,2-3,8-9H2,1H3,(H2,17,18,22)/t14-/m0/s1. The number of nitrogens with zero attached hydrogens (tertiary/aromatic N) is 1. The van der Waals surface area contributed by atoms with E-state index in [0.29, 0.717) is 24.4 Å². The summed E-state index contributed by atoms with van der Waals surface area (Å²) in [6.07, 6.45) is 1.96. The maximum atomic E-state index is 12.6. The van der Waals surface area contributed by atoms with Crippen LogP contribution < -0.4 is 10.6 Å². The minimum absolute atomic E-state index is 0.0333. The molecule has 1 atom stereocenters. The van der Waals surface area contributed by atoms with Crippen molar-refractivity contribution in [2.45, 2.75) is 25.8 Å². The lowest BCUT2D eigenvalue weighted by Crippen LogP contribution is -2.44. The largest absolute Gasteiger partial charge is 0.508 e. The van der Waals surface area contributed by atoms with Gasteiger partial charge in [0.25, 0.3) is 5.91 Å². The Kier molecular flexibility index (Phi) is 3.75. The van der Waals surface area contributed by atoms with E-state index in [0.717, 1.165) is 18.4 Å². The number of urea groups is 1. The molecule has 2 heterocycles. The van der Waals surface area contributed by atoms with Crippen molar-refractivity contribution < 1.29 is 14.7 Å². The molecule has 22 heavy (non-hydrogen) atoms. The zero-order valence-electron chi connectivity index (χ0n) is 12.4. The van der Waals surface area contributed by atoms with Gasteiger partial charge in [0.1, 0.15) is 5.75 Å². The molecule has 0 spiro atoms. The van der Waals surface area contributed by atoms with E-state index in [4.69, 9.17) is 0 Å². The number of unbranched alkanes of at least 4 members (excludes halogenated alkanes) is 1. The van der Waals surface area contributed by atoms with Crippen LogP contribution in [0.1, 0.15) is 31.4 Å². The molecule has 3 rings (SSSR count). The van der Waals surface area contributed by atoms with E-state index in [1.807, 2.05) is 0 Å². The van der Waals surface area contributed by atoms with Gasteiger partial charge in [-0.1, -0.05) is 25.5 Å². The fourth-order valence-electron chi connectivity index (χ4n) is 2.87. The minimum Gasteiger partial charge on any atom is -0.508 e. The summed E-state index contributed by atoms with van der Waals surface area (Å²) >= 11 is 0. The van der Waals surface area contributed by atoms with Crippen LogP contribution in [0.2, 0.25) is 0 Å². The molecule has 0 saturated carbocycles. The van der Waals surface area contributed by atoms with Crippen LogP contribution >= 0.6 is 0 Å². The molecule has 0 aromatic heterocycles. The lowest BCUT2D eigenvalue weighted by atomic mass is 9.96. The molecular formula is C16H19N3O3. The summed E-state index contributed by atoms with van der Waals surface area (Å²) in [5, 5.41) is 14.9. The molecule has 0 radical (unpaired) electrons. The predicted octanol–water partition coefficient (Wildman–Crippen LogP) is 1.64. The van der Waals surface area contributed by atoms with Crippen LogP contribution in [-0.2, 0) is 4.79 Å². The Labute approximate surface area is 128 Å². The molecule has 0 unspecified atom stereocenters. The summed E-state index contributed by atoms with van der Waals surface area (Å²) in [4.78, 5) is 26.3. The number of carbonyl (C=O) groups excluding carboxylic acids is 2. The molecule has 2 aliphatic rings. The van der Waals surface area contributed by atoms with Crippen molar-refractivity contribution in [1.29, 1.82) is 0 Å². The van der Waals surface area contributed by atoms with E-state index >= 15 is 0 Å².